The van der Waals surface area contributed by atoms with Crippen LogP contribution in [0.15, 0.2) is 92.0 Å². The van der Waals surface area contributed by atoms with Crippen LogP contribution >= 0.6 is 27.7 Å². The van der Waals surface area contributed by atoms with Crippen LogP contribution in [0, 0.1) is 10.1 Å². The fraction of sp³-hybridized carbons (Fsp3) is 0.0435. The van der Waals surface area contributed by atoms with Gasteiger partial charge in [0, 0.05) is 27.7 Å². The van der Waals surface area contributed by atoms with Crippen LogP contribution in [0.2, 0.25) is 0 Å². The molecule has 0 fully saturated rings. The first-order valence-electron chi connectivity index (χ1n) is 9.97. The van der Waals surface area contributed by atoms with Gasteiger partial charge in [-0.3, -0.25) is 20.3 Å². The number of nitro groups is 1. The lowest BCUT2D eigenvalue weighted by molar-refractivity contribution is -0.384. The van der Waals surface area contributed by atoms with Crippen molar-refractivity contribution in [1.82, 2.24) is 10.2 Å². The van der Waals surface area contributed by atoms with E-state index < -0.39 is 4.92 Å². The number of halogens is 1. The summed E-state index contributed by atoms with van der Waals surface area (Å²) in [5.74, 6) is 0.483. The van der Waals surface area contributed by atoms with Crippen LogP contribution in [0.4, 0.5) is 11.4 Å². The number of nitro benzene ring substituents is 1. The van der Waals surface area contributed by atoms with Gasteiger partial charge in [-0.15, -0.1) is 10.2 Å². The lowest BCUT2D eigenvalue weighted by atomic mass is 10.1. The van der Waals surface area contributed by atoms with E-state index in [9.17, 15) is 14.9 Å². The summed E-state index contributed by atoms with van der Waals surface area (Å²) in [5.41, 5.74) is 4.37. The number of carbonyl (C=O) groups excluding carboxylic acids is 1. The Morgan fingerprint density at radius 3 is 2.51 bits per heavy atom. The number of benzene rings is 3. The number of ketones is 1. The van der Waals surface area contributed by atoms with Crippen molar-refractivity contribution in [2.75, 3.05) is 12.5 Å². The standard InChI is InChI=1S/C23H16BrN5O5S/c1-33-19-11-7-17(8-12-19)25-27-22(20(30)15-3-2-4-16(24)13-15)35-23-28-26-21(34-23)14-5-9-18(10-6-14)29(31)32/h2-13,25H,1H3. The quantitative estimate of drug-likeness (QED) is 0.0715. The van der Waals surface area contributed by atoms with Crippen molar-refractivity contribution < 1.29 is 18.9 Å². The number of anilines is 1. The van der Waals surface area contributed by atoms with Gasteiger partial charge in [-0.2, -0.15) is 5.10 Å². The average Bonchev–Trinajstić information content (AvgIpc) is 3.35. The van der Waals surface area contributed by atoms with Gasteiger partial charge in [-0.25, -0.2) is 0 Å². The molecule has 10 nitrogen and oxygen atoms in total. The lowest BCUT2D eigenvalue weighted by Gasteiger charge is -2.06. The van der Waals surface area contributed by atoms with Crippen LogP contribution < -0.4 is 10.2 Å². The number of Topliss-reactive ketones (excluding diaryl/α,β-unsaturated/α-hetero) is 1. The molecule has 0 aliphatic rings. The van der Waals surface area contributed by atoms with Gasteiger partial charge in [0.1, 0.15) is 5.75 Å². The average molecular weight is 554 g/mol. The van der Waals surface area contributed by atoms with Gasteiger partial charge in [0.05, 0.1) is 17.7 Å². The highest BCUT2D eigenvalue weighted by Gasteiger charge is 2.21. The van der Waals surface area contributed by atoms with Crippen molar-refractivity contribution in [1.29, 1.82) is 0 Å². The summed E-state index contributed by atoms with van der Waals surface area (Å²) in [4.78, 5) is 23.6. The normalized spacial score (nSPS) is 11.2. The van der Waals surface area contributed by atoms with Crippen LogP contribution in [0.5, 0.6) is 5.75 Å². The molecule has 0 spiro atoms. The largest absolute Gasteiger partial charge is 0.497 e. The van der Waals surface area contributed by atoms with Crippen LogP contribution in [-0.4, -0.2) is 33.1 Å². The topological polar surface area (TPSA) is 133 Å². The number of methoxy groups -OCH3 is 1. The number of hydrogen-bond acceptors (Lipinski definition) is 10. The van der Waals surface area contributed by atoms with Crippen molar-refractivity contribution in [3.05, 3.63) is 92.9 Å². The molecule has 12 heteroatoms. The molecule has 0 bridgehead atoms. The maximum atomic E-state index is 13.2. The van der Waals surface area contributed by atoms with E-state index in [1.165, 1.54) is 24.3 Å². The van der Waals surface area contributed by atoms with Crippen molar-refractivity contribution in [3.8, 4) is 17.2 Å². The number of nitrogens with zero attached hydrogens (tertiary/aromatic N) is 4. The second kappa shape index (κ2) is 10.9. The highest BCUT2D eigenvalue weighted by atomic mass is 79.9. The minimum Gasteiger partial charge on any atom is -0.497 e. The van der Waals surface area contributed by atoms with E-state index >= 15 is 0 Å². The van der Waals surface area contributed by atoms with Crippen LogP contribution in [0.25, 0.3) is 11.5 Å². The molecule has 0 radical (unpaired) electrons. The van der Waals surface area contributed by atoms with E-state index in [0.29, 0.717) is 22.6 Å². The molecule has 0 aliphatic carbocycles. The first kappa shape index (κ1) is 24.1. The summed E-state index contributed by atoms with van der Waals surface area (Å²) in [6, 6.07) is 19.6. The van der Waals surface area contributed by atoms with Crippen molar-refractivity contribution in [2.45, 2.75) is 5.22 Å². The van der Waals surface area contributed by atoms with Crippen molar-refractivity contribution in [2.24, 2.45) is 5.10 Å². The second-order valence-electron chi connectivity index (χ2n) is 6.88. The molecule has 1 aromatic heterocycles. The van der Waals surface area contributed by atoms with Gasteiger partial charge in [-0.1, -0.05) is 28.1 Å². The number of aromatic nitrogens is 2. The third-order valence-corrected chi connectivity index (χ3v) is 5.88. The first-order chi connectivity index (χ1) is 16.9. The van der Waals surface area contributed by atoms with Gasteiger partial charge >= 0.3 is 0 Å². The van der Waals surface area contributed by atoms with Crippen LogP contribution in [0.3, 0.4) is 0 Å². The van der Waals surface area contributed by atoms with E-state index in [2.05, 4.69) is 36.7 Å². The van der Waals surface area contributed by atoms with Crippen LogP contribution in [0.1, 0.15) is 10.4 Å². The Bertz CT molecular complexity index is 1390. The summed E-state index contributed by atoms with van der Waals surface area (Å²) in [5, 5.41) is 23.3. The number of rotatable bonds is 8. The molecule has 4 rings (SSSR count). The van der Waals surface area contributed by atoms with Gasteiger partial charge < -0.3 is 9.15 Å². The fourth-order valence-electron chi connectivity index (χ4n) is 2.83. The van der Waals surface area contributed by atoms with E-state index in [1.54, 1.807) is 49.6 Å². The Balaban J connectivity index is 1.59. The Morgan fingerprint density at radius 1 is 1.11 bits per heavy atom. The predicted octanol–water partition coefficient (Wildman–Crippen LogP) is 5.82. The maximum Gasteiger partial charge on any atom is 0.283 e. The smallest absolute Gasteiger partial charge is 0.283 e. The number of thioether (sulfide) groups is 1. The molecule has 0 unspecified atom stereocenters. The Labute approximate surface area is 211 Å². The zero-order chi connectivity index (χ0) is 24.8. The molecule has 176 valence electrons. The van der Waals surface area contributed by atoms with Gasteiger partial charge in [0.25, 0.3) is 10.9 Å². The minimum absolute atomic E-state index is 0.0542. The highest BCUT2D eigenvalue weighted by Crippen LogP contribution is 2.27. The number of non-ortho nitro benzene ring substituents is 1. The number of ether oxygens (including phenoxy) is 1. The van der Waals surface area contributed by atoms with Crippen LogP contribution in [-0.2, 0) is 0 Å². The second-order valence-corrected chi connectivity index (χ2v) is 8.73. The molecule has 0 atom stereocenters. The first-order valence-corrected chi connectivity index (χ1v) is 11.6. The molecule has 3 aromatic carbocycles. The molecule has 4 aromatic rings. The van der Waals surface area contributed by atoms with Crippen molar-refractivity contribution >= 4 is 49.9 Å². The predicted molar refractivity (Wildman–Crippen MR) is 135 cm³/mol. The van der Waals surface area contributed by atoms with Gasteiger partial charge in [-0.05, 0) is 60.3 Å². The Kier molecular flexibility index (Phi) is 7.53. The monoisotopic (exact) mass is 553 g/mol. The van der Waals surface area contributed by atoms with E-state index in [1.807, 2.05) is 6.07 Å². The number of hydrazone groups is 1. The highest BCUT2D eigenvalue weighted by molar-refractivity contribution is 9.10. The SMILES string of the molecule is COc1ccc(NN=C(Sc2nnc(-c3ccc([N+](=O)[O-])cc3)o2)C(=O)c2cccc(Br)c2)cc1. The number of hydrogen-bond donors (Lipinski definition) is 1. The molecule has 0 saturated heterocycles. The summed E-state index contributed by atoms with van der Waals surface area (Å²) < 4.78 is 11.6. The number of nitrogens with one attached hydrogen (secondary N) is 1. The van der Waals surface area contributed by atoms with Crippen molar-refractivity contribution in [3.63, 3.8) is 0 Å². The zero-order valence-electron chi connectivity index (χ0n) is 18.0. The fourth-order valence-corrected chi connectivity index (χ4v) is 3.90. The molecule has 1 heterocycles. The molecule has 0 saturated carbocycles. The molecule has 1 N–H and O–H groups in total. The summed E-state index contributed by atoms with van der Waals surface area (Å²) in [6.07, 6.45) is 0. The summed E-state index contributed by atoms with van der Waals surface area (Å²) in [7, 11) is 1.57. The summed E-state index contributed by atoms with van der Waals surface area (Å²) >= 11 is 4.27. The van der Waals surface area contributed by atoms with Gasteiger partial charge in [0.2, 0.25) is 11.7 Å². The molecular formula is C23H16BrN5O5S. The van der Waals surface area contributed by atoms with E-state index in [4.69, 9.17) is 9.15 Å². The summed E-state index contributed by atoms with van der Waals surface area (Å²) in [6.45, 7) is 0. The van der Waals surface area contributed by atoms with Gasteiger partial charge in [0.15, 0.2) is 5.04 Å². The minimum atomic E-state index is -0.495. The third kappa shape index (κ3) is 6.11. The molecular weight excluding hydrogens is 538 g/mol. The number of carbonyl (C=O) groups is 1. The molecule has 0 aliphatic heterocycles. The Hall–Kier alpha value is -4.03. The zero-order valence-corrected chi connectivity index (χ0v) is 20.4. The third-order valence-electron chi connectivity index (χ3n) is 4.57. The maximum absolute atomic E-state index is 13.2. The molecule has 35 heavy (non-hydrogen) atoms. The van der Waals surface area contributed by atoms with E-state index in [0.717, 1.165) is 16.2 Å². The van der Waals surface area contributed by atoms with E-state index in [-0.39, 0.29) is 27.6 Å². The Morgan fingerprint density at radius 2 is 1.86 bits per heavy atom. The lowest BCUT2D eigenvalue weighted by Crippen LogP contribution is -2.13. The molecule has 0 amide bonds.